The predicted molar refractivity (Wildman–Crippen MR) is 64.3 cm³/mol. The summed E-state index contributed by atoms with van der Waals surface area (Å²) in [5, 5.41) is 0. The van der Waals surface area contributed by atoms with E-state index < -0.39 is 0 Å². The smallest absolute Gasteiger partial charge is 0.197 e. The molecule has 0 bridgehead atoms. The van der Waals surface area contributed by atoms with Gasteiger partial charge in [0.15, 0.2) is 4.77 Å². The van der Waals surface area contributed by atoms with Crippen LogP contribution in [0.3, 0.4) is 0 Å². The van der Waals surface area contributed by atoms with Crippen LogP contribution in [0.4, 0.5) is 4.39 Å². The van der Waals surface area contributed by atoms with Crippen LogP contribution in [0.15, 0.2) is 24.3 Å². The maximum Gasteiger partial charge on any atom is 0.197 e. The Morgan fingerprint density at radius 2 is 2.00 bits per heavy atom. The van der Waals surface area contributed by atoms with E-state index >= 15 is 0 Å². The molecule has 1 heterocycles. The highest BCUT2D eigenvalue weighted by Crippen LogP contribution is 2.22. The van der Waals surface area contributed by atoms with E-state index in [1.807, 2.05) is 19.9 Å². The second-order valence-corrected chi connectivity index (χ2v) is 4.10. The van der Waals surface area contributed by atoms with Crippen LogP contribution in [0.5, 0.6) is 0 Å². The van der Waals surface area contributed by atoms with Crippen molar-refractivity contribution in [1.82, 2.24) is 9.97 Å². The van der Waals surface area contributed by atoms with E-state index in [2.05, 4.69) is 9.97 Å². The molecule has 82 valence electrons. The quantitative estimate of drug-likeness (QED) is 0.764. The van der Waals surface area contributed by atoms with Crippen LogP contribution in [-0.4, -0.2) is 9.97 Å². The summed E-state index contributed by atoms with van der Waals surface area (Å²) in [4.78, 5) is 7.12. The summed E-state index contributed by atoms with van der Waals surface area (Å²) in [5.41, 5.74) is 3.38. The number of hydrogen-bond donors (Lipinski definition) is 1. The fourth-order valence-electron chi connectivity index (χ4n) is 1.59. The van der Waals surface area contributed by atoms with Gasteiger partial charge in [0.1, 0.15) is 5.82 Å². The molecule has 16 heavy (non-hydrogen) atoms. The van der Waals surface area contributed by atoms with E-state index in [0.717, 1.165) is 16.8 Å². The van der Waals surface area contributed by atoms with Crippen LogP contribution < -0.4 is 0 Å². The number of aromatic amines is 1. The monoisotopic (exact) mass is 234 g/mol. The predicted octanol–water partition coefficient (Wildman–Crippen LogP) is 3.56. The summed E-state index contributed by atoms with van der Waals surface area (Å²) in [7, 11) is 0. The number of aryl methyl sites for hydroxylation is 2. The van der Waals surface area contributed by atoms with Crippen molar-refractivity contribution >= 4 is 12.2 Å². The van der Waals surface area contributed by atoms with Crippen molar-refractivity contribution in [2.45, 2.75) is 13.8 Å². The largest absolute Gasteiger partial charge is 0.335 e. The zero-order valence-electron chi connectivity index (χ0n) is 9.04. The van der Waals surface area contributed by atoms with Gasteiger partial charge in [0.05, 0.1) is 5.69 Å². The second kappa shape index (κ2) is 4.14. The van der Waals surface area contributed by atoms with Gasteiger partial charge < -0.3 is 4.98 Å². The van der Waals surface area contributed by atoms with Crippen molar-refractivity contribution in [2.24, 2.45) is 0 Å². The molecule has 0 fully saturated rings. The lowest BCUT2D eigenvalue weighted by atomic mass is 10.1. The van der Waals surface area contributed by atoms with Crippen LogP contribution >= 0.6 is 12.2 Å². The Morgan fingerprint density at radius 1 is 1.25 bits per heavy atom. The van der Waals surface area contributed by atoms with Crippen LogP contribution in [-0.2, 0) is 0 Å². The third-order valence-corrected chi connectivity index (χ3v) is 2.55. The molecule has 0 atom stereocenters. The zero-order chi connectivity index (χ0) is 11.7. The molecule has 2 nitrogen and oxygen atoms in total. The summed E-state index contributed by atoms with van der Waals surface area (Å²) in [6.45, 7) is 3.82. The number of halogens is 1. The molecule has 0 spiro atoms. The molecule has 1 N–H and O–H groups in total. The third-order valence-electron chi connectivity index (χ3n) is 2.35. The Bertz CT molecular complexity index is 590. The first-order valence-corrected chi connectivity index (χ1v) is 5.31. The summed E-state index contributed by atoms with van der Waals surface area (Å²) < 4.78 is 13.6. The average molecular weight is 234 g/mol. The Morgan fingerprint density at radius 3 is 2.69 bits per heavy atom. The molecule has 2 rings (SSSR count). The van der Waals surface area contributed by atoms with Crippen LogP contribution in [0.1, 0.15) is 11.3 Å². The standard InChI is InChI=1S/C12H11FN2S/c1-7-3-4-9(13)6-10(7)11-5-8(2)14-12(16)15-11/h3-6H,1-2H3,(H,14,15,16). The fourth-order valence-corrected chi connectivity index (χ4v) is 1.85. The number of rotatable bonds is 1. The topological polar surface area (TPSA) is 28.7 Å². The lowest BCUT2D eigenvalue weighted by Gasteiger charge is -2.06. The molecule has 0 aliphatic heterocycles. The molecular weight excluding hydrogens is 223 g/mol. The molecule has 0 saturated heterocycles. The van der Waals surface area contributed by atoms with Crippen LogP contribution in [0, 0.1) is 24.4 Å². The molecule has 2 aromatic rings. The van der Waals surface area contributed by atoms with E-state index in [1.54, 1.807) is 6.07 Å². The SMILES string of the molecule is Cc1cc(-c2cc(F)ccc2C)nc(=S)[nH]1. The van der Waals surface area contributed by atoms with Gasteiger partial charge in [-0.05, 0) is 49.8 Å². The molecule has 4 heteroatoms. The molecule has 0 aliphatic carbocycles. The minimum atomic E-state index is -0.265. The molecule has 1 aromatic heterocycles. The van der Waals surface area contributed by atoms with Crippen molar-refractivity contribution in [3.05, 3.63) is 46.1 Å². The Balaban J connectivity index is 2.66. The third kappa shape index (κ3) is 2.17. The van der Waals surface area contributed by atoms with E-state index in [1.165, 1.54) is 12.1 Å². The number of H-pyrrole nitrogens is 1. The number of aromatic nitrogens is 2. The average Bonchev–Trinajstić information content (AvgIpc) is 2.20. The van der Waals surface area contributed by atoms with Gasteiger partial charge in [-0.2, -0.15) is 0 Å². The van der Waals surface area contributed by atoms with Crippen molar-refractivity contribution in [3.63, 3.8) is 0 Å². The van der Waals surface area contributed by atoms with Gasteiger partial charge in [0.25, 0.3) is 0 Å². The van der Waals surface area contributed by atoms with E-state index in [9.17, 15) is 4.39 Å². The highest BCUT2D eigenvalue weighted by molar-refractivity contribution is 7.71. The molecule has 0 radical (unpaired) electrons. The van der Waals surface area contributed by atoms with Crippen molar-refractivity contribution < 1.29 is 4.39 Å². The first-order valence-electron chi connectivity index (χ1n) is 4.91. The molecule has 1 aromatic carbocycles. The van der Waals surface area contributed by atoms with Crippen molar-refractivity contribution in [1.29, 1.82) is 0 Å². The number of nitrogens with zero attached hydrogens (tertiary/aromatic N) is 1. The first-order chi connectivity index (χ1) is 7.56. The highest BCUT2D eigenvalue weighted by Gasteiger charge is 2.05. The minimum Gasteiger partial charge on any atom is -0.335 e. The summed E-state index contributed by atoms with van der Waals surface area (Å²) in [5.74, 6) is -0.265. The summed E-state index contributed by atoms with van der Waals surface area (Å²) >= 11 is 5.00. The van der Waals surface area contributed by atoms with E-state index in [4.69, 9.17) is 12.2 Å². The van der Waals surface area contributed by atoms with Gasteiger partial charge >= 0.3 is 0 Å². The Kier molecular flexibility index (Phi) is 2.83. The number of benzene rings is 1. The number of hydrogen-bond acceptors (Lipinski definition) is 2. The van der Waals surface area contributed by atoms with Gasteiger partial charge in [-0.15, -0.1) is 0 Å². The van der Waals surface area contributed by atoms with Crippen LogP contribution in [0.25, 0.3) is 11.3 Å². The van der Waals surface area contributed by atoms with Crippen molar-refractivity contribution in [3.8, 4) is 11.3 Å². The minimum absolute atomic E-state index is 0.265. The molecule has 0 saturated carbocycles. The van der Waals surface area contributed by atoms with Gasteiger partial charge in [-0.3, -0.25) is 0 Å². The van der Waals surface area contributed by atoms with Gasteiger partial charge in [0.2, 0.25) is 0 Å². The molecule has 0 amide bonds. The van der Waals surface area contributed by atoms with E-state index in [0.29, 0.717) is 10.5 Å². The molecule has 0 unspecified atom stereocenters. The van der Waals surface area contributed by atoms with Gasteiger partial charge in [-0.1, -0.05) is 6.07 Å². The summed E-state index contributed by atoms with van der Waals surface area (Å²) in [6, 6.07) is 6.51. The normalized spacial score (nSPS) is 10.4. The Hall–Kier alpha value is -1.55. The summed E-state index contributed by atoms with van der Waals surface area (Å²) in [6.07, 6.45) is 0. The maximum absolute atomic E-state index is 13.2. The van der Waals surface area contributed by atoms with Gasteiger partial charge in [0, 0.05) is 11.3 Å². The lowest BCUT2D eigenvalue weighted by Crippen LogP contribution is -1.93. The fraction of sp³-hybridized carbons (Fsp3) is 0.167. The second-order valence-electron chi connectivity index (χ2n) is 3.71. The van der Waals surface area contributed by atoms with Crippen molar-refractivity contribution in [2.75, 3.05) is 0 Å². The van der Waals surface area contributed by atoms with E-state index in [-0.39, 0.29) is 5.82 Å². The molecular formula is C12H11FN2S. The highest BCUT2D eigenvalue weighted by atomic mass is 32.1. The van der Waals surface area contributed by atoms with Gasteiger partial charge in [-0.25, -0.2) is 9.37 Å². The van der Waals surface area contributed by atoms with Crippen LogP contribution in [0.2, 0.25) is 0 Å². The maximum atomic E-state index is 13.2. The zero-order valence-corrected chi connectivity index (χ0v) is 9.86. The molecule has 0 aliphatic rings. The Labute approximate surface area is 98.2 Å². The number of nitrogens with one attached hydrogen (secondary N) is 1. The first kappa shape index (κ1) is 11.0. The lowest BCUT2D eigenvalue weighted by molar-refractivity contribution is 0.628.